The predicted molar refractivity (Wildman–Crippen MR) is 77.5 cm³/mol. The third kappa shape index (κ3) is 3.12. The summed E-state index contributed by atoms with van der Waals surface area (Å²) in [5, 5.41) is 0.162. The van der Waals surface area contributed by atoms with Crippen molar-refractivity contribution >= 4 is 23.1 Å². The van der Waals surface area contributed by atoms with Gasteiger partial charge in [0.25, 0.3) is 0 Å². The first-order chi connectivity index (χ1) is 9.11. The Kier molecular flexibility index (Phi) is 4.17. The molecule has 2 rings (SSSR count). The molecule has 3 nitrogen and oxygen atoms in total. The summed E-state index contributed by atoms with van der Waals surface area (Å²) in [4.78, 5) is 16.1. The number of ketones is 1. The van der Waals surface area contributed by atoms with Crippen molar-refractivity contribution in [2.24, 2.45) is 0 Å². The van der Waals surface area contributed by atoms with Gasteiger partial charge in [0.1, 0.15) is 5.15 Å². The molecule has 0 bridgehead atoms. The van der Waals surface area contributed by atoms with Crippen molar-refractivity contribution in [2.45, 2.75) is 19.8 Å². The minimum Gasteiger partial charge on any atom is -0.398 e. The highest BCUT2D eigenvalue weighted by Crippen LogP contribution is 2.21. The van der Waals surface area contributed by atoms with Gasteiger partial charge >= 0.3 is 0 Å². The van der Waals surface area contributed by atoms with E-state index < -0.39 is 0 Å². The van der Waals surface area contributed by atoms with Gasteiger partial charge in [0.2, 0.25) is 0 Å². The number of hydrogen-bond acceptors (Lipinski definition) is 3. The minimum absolute atomic E-state index is 0.111. The number of halogens is 1. The van der Waals surface area contributed by atoms with Crippen LogP contribution in [0.4, 0.5) is 5.69 Å². The standard InChI is InChI=1S/C15H15ClN2O/c1-2-10-3-5-11(6-4-10)9-13(19)14-12(17)7-8-18-15(14)16/h3-8H,2,9H2,1H3,(H2,17,18). The summed E-state index contributed by atoms with van der Waals surface area (Å²) < 4.78 is 0. The molecule has 1 aromatic heterocycles. The smallest absolute Gasteiger partial charge is 0.172 e. The zero-order chi connectivity index (χ0) is 13.8. The quantitative estimate of drug-likeness (QED) is 0.687. The highest BCUT2D eigenvalue weighted by Gasteiger charge is 2.15. The third-order valence-corrected chi connectivity index (χ3v) is 3.30. The monoisotopic (exact) mass is 274 g/mol. The van der Waals surface area contributed by atoms with Crippen LogP contribution in [0.2, 0.25) is 5.15 Å². The van der Waals surface area contributed by atoms with Gasteiger partial charge in [-0.05, 0) is 23.6 Å². The summed E-state index contributed by atoms with van der Waals surface area (Å²) in [6.45, 7) is 2.09. The third-order valence-electron chi connectivity index (χ3n) is 3.01. The fourth-order valence-electron chi connectivity index (χ4n) is 1.89. The van der Waals surface area contributed by atoms with Gasteiger partial charge in [-0.15, -0.1) is 0 Å². The van der Waals surface area contributed by atoms with Gasteiger partial charge < -0.3 is 5.73 Å². The van der Waals surface area contributed by atoms with E-state index in [1.807, 2.05) is 24.3 Å². The maximum Gasteiger partial charge on any atom is 0.172 e. The highest BCUT2D eigenvalue weighted by atomic mass is 35.5. The second kappa shape index (κ2) is 5.85. The molecule has 4 heteroatoms. The molecule has 0 amide bonds. The maximum atomic E-state index is 12.2. The number of rotatable bonds is 4. The number of benzene rings is 1. The molecule has 0 aliphatic rings. The van der Waals surface area contributed by atoms with Crippen LogP contribution in [0, 0.1) is 0 Å². The van der Waals surface area contributed by atoms with Crippen LogP contribution in [-0.2, 0) is 12.8 Å². The Morgan fingerprint density at radius 2 is 1.84 bits per heavy atom. The molecule has 0 saturated carbocycles. The van der Waals surface area contributed by atoms with Crippen molar-refractivity contribution < 1.29 is 4.79 Å². The molecule has 0 spiro atoms. The molecule has 0 unspecified atom stereocenters. The second-order valence-electron chi connectivity index (χ2n) is 4.34. The van der Waals surface area contributed by atoms with Crippen LogP contribution < -0.4 is 5.73 Å². The Morgan fingerprint density at radius 1 is 1.21 bits per heavy atom. The molecule has 0 atom stereocenters. The minimum atomic E-state index is -0.111. The molecule has 19 heavy (non-hydrogen) atoms. The van der Waals surface area contributed by atoms with Gasteiger partial charge in [-0.2, -0.15) is 0 Å². The van der Waals surface area contributed by atoms with Gasteiger partial charge in [0.15, 0.2) is 5.78 Å². The first-order valence-corrected chi connectivity index (χ1v) is 6.50. The zero-order valence-electron chi connectivity index (χ0n) is 10.7. The zero-order valence-corrected chi connectivity index (χ0v) is 11.4. The average Bonchev–Trinajstić information content (AvgIpc) is 2.39. The van der Waals surface area contributed by atoms with E-state index in [0.717, 1.165) is 12.0 Å². The van der Waals surface area contributed by atoms with Crippen LogP contribution in [-0.4, -0.2) is 10.8 Å². The van der Waals surface area contributed by atoms with E-state index in [4.69, 9.17) is 17.3 Å². The molecule has 98 valence electrons. The normalized spacial score (nSPS) is 10.4. The Bertz CT molecular complexity index is 573. The number of nitrogen functional groups attached to an aromatic ring is 1. The van der Waals surface area contributed by atoms with E-state index in [2.05, 4.69) is 11.9 Å². The molecular formula is C15H15ClN2O. The fraction of sp³-hybridized carbons (Fsp3) is 0.200. The van der Waals surface area contributed by atoms with Gasteiger partial charge in [-0.3, -0.25) is 4.79 Å². The van der Waals surface area contributed by atoms with Crippen LogP contribution in [0.1, 0.15) is 28.4 Å². The first-order valence-electron chi connectivity index (χ1n) is 6.12. The number of carbonyl (C=O) groups excluding carboxylic acids is 1. The Balaban J connectivity index is 2.21. The van der Waals surface area contributed by atoms with E-state index in [0.29, 0.717) is 11.3 Å². The molecule has 2 aromatic rings. The van der Waals surface area contributed by atoms with E-state index in [1.165, 1.54) is 11.8 Å². The van der Waals surface area contributed by atoms with Crippen molar-refractivity contribution in [2.75, 3.05) is 5.73 Å². The van der Waals surface area contributed by atoms with Crippen molar-refractivity contribution in [3.8, 4) is 0 Å². The van der Waals surface area contributed by atoms with Crippen molar-refractivity contribution in [1.29, 1.82) is 0 Å². The number of carbonyl (C=O) groups is 1. The lowest BCUT2D eigenvalue weighted by molar-refractivity contribution is 0.0993. The molecule has 1 heterocycles. The molecule has 0 fully saturated rings. The van der Waals surface area contributed by atoms with Gasteiger partial charge in [0, 0.05) is 18.3 Å². The topological polar surface area (TPSA) is 56.0 Å². The molecule has 0 radical (unpaired) electrons. The van der Waals surface area contributed by atoms with Gasteiger partial charge in [-0.25, -0.2) is 4.98 Å². The van der Waals surface area contributed by atoms with E-state index in [-0.39, 0.29) is 17.4 Å². The van der Waals surface area contributed by atoms with Crippen molar-refractivity contribution in [3.05, 3.63) is 58.4 Å². The molecule has 0 aliphatic heterocycles. The second-order valence-corrected chi connectivity index (χ2v) is 4.69. The lowest BCUT2D eigenvalue weighted by atomic mass is 10.0. The number of aryl methyl sites for hydroxylation is 1. The predicted octanol–water partition coefficient (Wildman–Crippen LogP) is 3.31. The molecule has 0 aliphatic carbocycles. The summed E-state index contributed by atoms with van der Waals surface area (Å²) in [6.07, 6.45) is 2.75. The van der Waals surface area contributed by atoms with Crippen LogP contribution in [0.15, 0.2) is 36.5 Å². The fourth-order valence-corrected chi connectivity index (χ4v) is 2.16. The SMILES string of the molecule is CCc1ccc(CC(=O)c2c(N)ccnc2Cl)cc1. The van der Waals surface area contributed by atoms with E-state index in [1.54, 1.807) is 6.07 Å². The lowest BCUT2D eigenvalue weighted by Gasteiger charge is -2.06. The first kappa shape index (κ1) is 13.6. The number of hydrogen-bond donors (Lipinski definition) is 1. The van der Waals surface area contributed by atoms with Gasteiger partial charge in [0.05, 0.1) is 5.56 Å². The van der Waals surface area contributed by atoms with Crippen molar-refractivity contribution in [3.63, 3.8) is 0 Å². The summed E-state index contributed by atoms with van der Waals surface area (Å²) in [5.41, 5.74) is 8.65. The highest BCUT2D eigenvalue weighted by molar-refractivity contribution is 6.33. The van der Waals surface area contributed by atoms with Crippen molar-refractivity contribution in [1.82, 2.24) is 4.98 Å². The molecule has 2 N–H and O–H groups in total. The number of anilines is 1. The summed E-state index contributed by atoms with van der Waals surface area (Å²) in [6, 6.07) is 9.54. The molecular weight excluding hydrogens is 260 g/mol. The molecule has 1 aromatic carbocycles. The van der Waals surface area contributed by atoms with Crippen LogP contribution in [0.3, 0.4) is 0 Å². The Labute approximate surface area is 117 Å². The number of nitrogens with two attached hydrogens (primary N) is 1. The summed E-state index contributed by atoms with van der Waals surface area (Å²) in [5.74, 6) is -0.111. The van der Waals surface area contributed by atoms with Gasteiger partial charge in [-0.1, -0.05) is 42.8 Å². The van der Waals surface area contributed by atoms with Crippen LogP contribution in [0.25, 0.3) is 0 Å². The van der Waals surface area contributed by atoms with Crippen LogP contribution >= 0.6 is 11.6 Å². The number of pyridine rings is 1. The van der Waals surface area contributed by atoms with E-state index >= 15 is 0 Å². The lowest BCUT2D eigenvalue weighted by Crippen LogP contribution is -2.08. The van der Waals surface area contributed by atoms with Crippen LogP contribution in [0.5, 0.6) is 0 Å². The largest absolute Gasteiger partial charge is 0.398 e. The Morgan fingerprint density at radius 3 is 2.42 bits per heavy atom. The summed E-state index contributed by atoms with van der Waals surface area (Å²) >= 11 is 5.93. The average molecular weight is 275 g/mol. The summed E-state index contributed by atoms with van der Waals surface area (Å²) in [7, 11) is 0. The number of aromatic nitrogens is 1. The maximum absolute atomic E-state index is 12.2. The Hall–Kier alpha value is -1.87. The number of Topliss-reactive ketones (excluding diaryl/α,β-unsaturated/α-hetero) is 1. The molecule has 0 saturated heterocycles. The van der Waals surface area contributed by atoms with E-state index in [9.17, 15) is 4.79 Å². The number of nitrogens with zero attached hydrogens (tertiary/aromatic N) is 1.